The molecule has 0 radical (unpaired) electrons. The number of benzene rings is 1. The van der Waals surface area contributed by atoms with Crippen molar-refractivity contribution in [2.45, 2.75) is 57.9 Å². The standard InChI is InChI=1S/C18H27NO4/c1-13-4-3-5-14(2)19(13)9-16(20)11-21-10-15-6-7-17-18(8-15)23-12-22-17/h6-8,13-14,16,20H,3-5,9-12H2,1-2H3/t13-,14-,16-/m1/s1. The SMILES string of the molecule is C[C@@H]1CCC[C@@H](C)N1C[C@@H](O)COCc1ccc2c(c1)OCO2. The van der Waals surface area contributed by atoms with Crippen molar-refractivity contribution in [1.29, 1.82) is 0 Å². The molecule has 1 aromatic rings. The van der Waals surface area contributed by atoms with Crippen LogP contribution in [0.5, 0.6) is 11.5 Å². The lowest BCUT2D eigenvalue weighted by molar-refractivity contribution is -0.0135. The first-order valence-electron chi connectivity index (χ1n) is 8.53. The molecule has 1 saturated heterocycles. The summed E-state index contributed by atoms with van der Waals surface area (Å²) in [6.45, 7) is 6.28. The van der Waals surface area contributed by atoms with E-state index in [1.807, 2.05) is 18.2 Å². The molecule has 0 bridgehead atoms. The summed E-state index contributed by atoms with van der Waals surface area (Å²) in [6.07, 6.45) is 3.27. The molecular formula is C18H27NO4. The summed E-state index contributed by atoms with van der Waals surface area (Å²) in [5.74, 6) is 1.55. The van der Waals surface area contributed by atoms with E-state index in [1.165, 1.54) is 19.3 Å². The van der Waals surface area contributed by atoms with E-state index in [1.54, 1.807) is 0 Å². The van der Waals surface area contributed by atoms with Crippen LogP contribution in [0.25, 0.3) is 0 Å². The van der Waals surface area contributed by atoms with E-state index in [0.717, 1.165) is 17.1 Å². The Balaban J connectivity index is 1.43. The molecule has 1 N–H and O–H groups in total. The Bertz CT molecular complexity index is 512. The Kier molecular flexibility index (Phi) is 5.41. The first-order chi connectivity index (χ1) is 11.1. The zero-order valence-electron chi connectivity index (χ0n) is 14.0. The molecular weight excluding hydrogens is 294 g/mol. The van der Waals surface area contributed by atoms with Gasteiger partial charge < -0.3 is 19.3 Å². The van der Waals surface area contributed by atoms with Crippen LogP contribution < -0.4 is 9.47 Å². The molecule has 3 atom stereocenters. The van der Waals surface area contributed by atoms with Gasteiger partial charge in [0.15, 0.2) is 11.5 Å². The van der Waals surface area contributed by atoms with E-state index in [2.05, 4.69) is 18.7 Å². The lowest BCUT2D eigenvalue weighted by Crippen LogP contribution is -2.48. The van der Waals surface area contributed by atoms with E-state index in [9.17, 15) is 5.11 Å². The minimum absolute atomic E-state index is 0.282. The lowest BCUT2D eigenvalue weighted by atomic mass is 9.97. The van der Waals surface area contributed by atoms with Crippen LogP contribution in [0.2, 0.25) is 0 Å². The molecule has 5 nitrogen and oxygen atoms in total. The van der Waals surface area contributed by atoms with Gasteiger partial charge in [-0.3, -0.25) is 4.90 Å². The summed E-state index contributed by atoms with van der Waals surface area (Å²) < 4.78 is 16.3. The second-order valence-electron chi connectivity index (χ2n) is 6.68. The van der Waals surface area contributed by atoms with E-state index in [0.29, 0.717) is 31.8 Å². The van der Waals surface area contributed by atoms with Crippen molar-refractivity contribution in [3.05, 3.63) is 23.8 Å². The molecule has 3 rings (SSSR count). The number of fused-ring (bicyclic) bond motifs is 1. The Morgan fingerprint density at radius 3 is 2.74 bits per heavy atom. The van der Waals surface area contributed by atoms with Crippen LogP contribution in [-0.2, 0) is 11.3 Å². The van der Waals surface area contributed by atoms with E-state index in [4.69, 9.17) is 14.2 Å². The average molecular weight is 321 g/mol. The summed E-state index contributed by atoms with van der Waals surface area (Å²) in [5.41, 5.74) is 1.03. The molecule has 0 amide bonds. The number of β-amino-alcohol motifs (C(OH)–C–C–N with tert-alkyl or cyclic N) is 1. The summed E-state index contributed by atoms with van der Waals surface area (Å²) >= 11 is 0. The number of hydrogen-bond donors (Lipinski definition) is 1. The number of likely N-dealkylation sites (tertiary alicyclic amines) is 1. The zero-order valence-corrected chi connectivity index (χ0v) is 14.0. The van der Waals surface area contributed by atoms with Gasteiger partial charge >= 0.3 is 0 Å². The monoisotopic (exact) mass is 321 g/mol. The van der Waals surface area contributed by atoms with Crippen LogP contribution in [0.15, 0.2) is 18.2 Å². The zero-order chi connectivity index (χ0) is 16.2. The number of aliphatic hydroxyl groups is 1. The molecule has 5 heteroatoms. The van der Waals surface area contributed by atoms with Gasteiger partial charge in [-0.05, 0) is 44.4 Å². The fraction of sp³-hybridized carbons (Fsp3) is 0.667. The molecule has 0 saturated carbocycles. The van der Waals surface area contributed by atoms with Crippen LogP contribution in [0.4, 0.5) is 0 Å². The third-order valence-electron chi connectivity index (χ3n) is 4.81. The van der Waals surface area contributed by atoms with Gasteiger partial charge in [0.1, 0.15) is 0 Å². The Morgan fingerprint density at radius 2 is 1.96 bits per heavy atom. The molecule has 1 fully saturated rings. The Labute approximate surface area is 138 Å². The van der Waals surface area contributed by atoms with Gasteiger partial charge in [-0.15, -0.1) is 0 Å². The highest BCUT2D eigenvalue weighted by molar-refractivity contribution is 5.44. The van der Waals surface area contributed by atoms with E-state index >= 15 is 0 Å². The highest BCUT2D eigenvalue weighted by atomic mass is 16.7. The minimum atomic E-state index is -0.452. The van der Waals surface area contributed by atoms with Crippen LogP contribution in [0.3, 0.4) is 0 Å². The van der Waals surface area contributed by atoms with Gasteiger partial charge in [0.2, 0.25) is 6.79 Å². The Hall–Kier alpha value is -1.30. The fourth-order valence-corrected chi connectivity index (χ4v) is 3.47. The lowest BCUT2D eigenvalue weighted by Gasteiger charge is -2.40. The predicted octanol–water partition coefficient (Wildman–Crippen LogP) is 2.56. The van der Waals surface area contributed by atoms with Crippen molar-refractivity contribution in [3.63, 3.8) is 0 Å². The molecule has 0 spiro atoms. The predicted molar refractivity (Wildman–Crippen MR) is 87.7 cm³/mol. The second-order valence-corrected chi connectivity index (χ2v) is 6.68. The van der Waals surface area contributed by atoms with Crippen LogP contribution in [-0.4, -0.2) is 48.1 Å². The van der Waals surface area contributed by atoms with Crippen molar-refractivity contribution in [2.24, 2.45) is 0 Å². The van der Waals surface area contributed by atoms with Crippen LogP contribution in [0, 0.1) is 0 Å². The van der Waals surface area contributed by atoms with Crippen molar-refractivity contribution in [3.8, 4) is 11.5 Å². The third kappa shape index (κ3) is 4.16. The topological polar surface area (TPSA) is 51.2 Å². The molecule has 0 aliphatic carbocycles. The van der Waals surface area contributed by atoms with Crippen molar-refractivity contribution in [2.75, 3.05) is 19.9 Å². The van der Waals surface area contributed by atoms with E-state index in [-0.39, 0.29) is 6.79 Å². The van der Waals surface area contributed by atoms with E-state index < -0.39 is 6.10 Å². The highest BCUT2D eigenvalue weighted by Gasteiger charge is 2.26. The van der Waals surface area contributed by atoms with Gasteiger partial charge in [0.25, 0.3) is 0 Å². The molecule has 1 aromatic carbocycles. The highest BCUT2D eigenvalue weighted by Crippen LogP contribution is 2.32. The molecule has 2 aliphatic rings. The van der Waals surface area contributed by atoms with Crippen molar-refractivity contribution in [1.82, 2.24) is 4.90 Å². The van der Waals surface area contributed by atoms with Crippen LogP contribution in [0.1, 0.15) is 38.7 Å². The van der Waals surface area contributed by atoms with Gasteiger partial charge in [-0.25, -0.2) is 0 Å². The second kappa shape index (κ2) is 7.51. The minimum Gasteiger partial charge on any atom is -0.454 e. The Morgan fingerprint density at radius 1 is 1.22 bits per heavy atom. The number of aliphatic hydroxyl groups excluding tert-OH is 1. The first-order valence-corrected chi connectivity index (χ1v) is 8.53. The van der Waals surface area contributed by atoms with Crippen molar-refractivity contribution < 1.29 is 19.3 Å². The number of piperidine rings is 1. The number of ether oxygens (including phenoxy) is 3. The molecule has 128 valence electrons. The maximum atomic E-state index is 10.3. The molecule has 2 heterocycles. The number of rotatable bonds is 6. The third-order valence-corrected chi connectivity index (χ3v) is 4.81. The number of nitrogens with zero attached hydrogens (tertiary/aromatic N) is 1. The molecule has 0 aromatic heterocycles. The van der Waals surface area contributed by atoms with Crippen LogP contribution >= 0.6 is 0 Å². The normalized spacial score (nSPS) is 25.5. The van der Waals surface area contributed by atoms with Crippen molar-refractivity contribution >= 4 is 0 Å². The molecule has 2 aliphatic heterocycles. The van der Waals surface area contributed by atoms with Gasteiger partial charge in [0.05, 0.1) is 19.3 Å². The average Bonchev–Trinajstić information content (AvgIpc) is 2.99. The first kappa shape index (κ1) is 16.6. The van der Waals surface area contributed by atoms with Gasteiger partial charge in [-0.1, -0.05) is 12.5 Å². The summed E-state index contributed by atoms with van der Waals surface area (Å²) in [5, 5.41) is 10.3. The van der Waals surface area contributed by atoms with Gasteiger partial charge in [-0.2, -0.15) is 0 Å². The summed E-state index contributed by atoms with van der Waals surface area (Å²) in [4.78, 5) is 2.40. The summed E-state index contributed by atoms with van der Waals surface area (Å²) in [7, 11) is 0. The molecule has 23 heavy (non-hydrogen) atoms. The largest absolute Gasteiger partial charge is 0.454 e. The quantitative estimate of drug-likeness (QED) is 0.873. The summed E-state index contributed by atoms with van der Waals surface area (Å²) in [6, 6.07) is 6.89. The maximum Gasteiger partial charge on any atom is 0.231 e. The smallest absolute Gasteiger partial charge is 0.231 e. The molecule has 0 unspecified atom stereocenters. The fourth-order valence-electron chi connectivity index (χ4n) is 3.47. The van der Waals surface area contributed by atoms with Gasteiger partial charge in [0, 0.05) is 18.6 Å². The maximum absolute atomic E-state index is 10.3. The number of hydrogen-bond acceptors (Lipinski definition) is 5.